The van der Waals surface area contributed by atoms with Gasteiger partial charge in [0.1, 0.15) is 11.5 Å². The van der Waals surface area contributed by atoms with Crippen LogP contribution in [0.1, 0.15) is 15.9 Å². The van der Waals surface area contributed by atoms with Crippen molar-refractivity contribution in [1.82, 2.24) is 0 Å². The Morgan fingerprint density at radius 1 is 1.06 bits per heavy atom. The largest absolute Gasteiger partial charge is 0.478 e. The van der Waals surface area contributed by atoms with Gasteiger partial charge in [-0.2, -0.15) is 0 Å². The Morgan fingerprint density at radius 3 is 2.39 bits per heavy atom. The molecule has 0 aliphatic heterocycles. The summed E-state index contributed by atoms with van der Waals surface area (Å²) >= 11 is 0. The third-order valence-corrected chi connectivity index (χ3v) is 2.46. The van der Waals surface area contributed by atoms with Gasteiger partial charge < -0.3 is 14.9 Å². The molecule has 2 aromatic rings. The SMILES string of the molecule is O=C(O)c1cc(Oc2ccccc2)ccc1CO. The maximum absolute atomic E-state index is 11.0. The zero-order chi connectivity index (χ0) is 13.0. The summed E-state index contributed by atoms with van der Waals surface area (Å²) in [7, 11) is 0. The number of aliphatic hydroxyl groups excluding tert-OH is 1. The fraction of sp³-hybridized carbons (Fsp3) is 0.0714. The number of para-hydroxylation sites is 1. The second-order valence-electron chi connectivity index (χ2n) is 3.70. The van der Waals surface area contributed by atoms with Crippen molar-refractivity contribution in [2.45, 2.75) is 6.61 Å². The van der Waals surface area contributed by atoms with Crippen molar-refractivity contribution in [1.29, 1.82) is 0 Å². The van der Waals surface area contributed by atoms with Crippen LogP contribution in [0, 0.1) is 0 Å². The molecule has 2 rings (SSSR count). The van der Waals surface area contributed by atoms with Crippen LogP contribution in [-0.4, -0.2) is 16.2 Å². The van der Waals surface area contributed by atoms with Gasteiger partial charge in [-0.1, -0.05) is 24.3 Å². The molecule has 4 nitrogen and oxygen atoms in total. The number of ether oxygens (including phenoxy) is 1. The first kappa shape index (κ1) is 12.1. The number of aromatic carboxylic acids is 1. The summed E-state index contributed by atoms with van der Waals surface area (Å²) in [6.07, 6.45) is 0. The third-order valence-electron chi connectivity index (χ3n) is 2.46. The predicted molar refractivity (Wildman–Crippen MR) is 65.8 cm³/mol. The van der Waals surface area contributed by atoms with Gasteiger partial charge in [0.2, 0.25) is 0 Å². The Balaban J connectivity index is 2.30. The van der Waals surface area contributed by atoms with E-state index < -0.39 is 5.97 Å². The molecule has 0 amide bonds. The van der Waals surface area contributed by atoms with Crippen LogP contribution in [0.15, 0.2) is 48.5 Å². The van der Waals surface area contributed by atoms with Gasteiger partial charge in [-0.3, -0.25) is 0 Å². The van der Waals surface area contributed by atoms with Crippen molar-refractivity contribution in [3.63, 3.8) is 0 Å². The minimum Gasteiger partial charge on any atom is -0.478 e. The molecule has 2 aromatic carbocycles. The molecule has 0 saturated carbocycles. The maximum atomic E-state index is 11.0. The van der Waals surface area contributed by atoms with E-state index in [1.165, 1.54) is 6.07 Å². The lowest BCUT2D eigenvalue weighted by atomic mass is 10.1. The quantitative estimate of drug-likeness (QED) is 0.867. The minimum atomic E-state index is -1.09. The summed E-state index contributed by atoms with van der Waals surface area (Å²) in [5.41, 5.74) is 0.411. The molecule has 18 heavy (non-hydrogen) atoms. The summed E-state index contributed by atoms with van der Waals surface area (Å²) in [5.74, 6) is -0.0288. The van der Waals surface area contributed by atoms with Crippen molar-refractivity contribution in [2.75, 3.05) is 0 Å². The normalized spacial score (nSPS) is 10.1. The van der Waals surface area contributed by atoms with Crippen molar-refractivity contribution in [2.24, 2.45) is 0 Å². The van der Waals surface area contributed by atoms with E-state index in [0.717, 1.165) is 0 Å². The summed E-state index contributed by atoms with van der Waals surface area (Å²) < 4.78 is 5.52. The van der Waals surface area contributed by atoms with Crippen molar-refractivity contribution in [3.05, 3.63) is 59.7 Å². The highest BCUT2D eigenvalue weighted by Gasteiger charge is 2.11. The first-order valence-corrected chi connectivity index (χ1v) is 5.40. The van der Waals surface area contributed by atoms with E-state index in [1.807, 2.05) is 18.2 Å². The van der Waals surface area contributed by atoms with Crippen molar-refractivity contribution in [3.8, 4) is 11.5 Å². The standard InChI is InChI=1S/C14H12O4/c15-9-10-6-7-12(8-13(10)14(16)17)18-11-4-2-1-3-5-11/h1-8,15H,9H2,(H,16,17). The zero-order valence-corrected chi connectivity index (χ0v) is 9.54. The Kier molecular flexibility index (Phi) is 3.60. The molecule has 0 atom stereocenters. The van der Waals surface area contributed by atoms with Gasteiger partial charge in [0, 0.05) is 0 Å². The minimum absolute atomic E-state index is 0.0472. The van der Waals surface area contributed by atoms with Crippen molar-refractivity contribution < 1.29 is 19.7 Å². The van der Waals surface area contributed by atoms with Gasteiger partial charge >= 0.3 is 5.97 Å². The second kappa shape index (κ2) is 5.33. The summed E-state index contributed by atoms with van der Waals surface area (Å²) in [5, 5.41) is 18.1. The smallest absolute Gasteiger partial charge is 0.336 e. The molecule has 0 bridgehead atoms. The Morgan fingerprint density at radius 2 is 1.78 bits per heavy atom. The van der Waals surface area contributed by atoms with Gasteiger partial charge in [0.05, 0.1) is 12.2 Å². The molecule has 0 aliphatic carbocycles. The second-order valence-corrected chi connectivity index (χ2v) is 3.70. The fourth-order valence-electron chi connectivity index (χ4n) is 1.58. The van der Waals surface area contributed by atoms with Crippen LogP contribution < -0.4 is 4.74 Å². The molecular formula is C14H12O4. The molecule has 0 fully saturated rings. The van der Waals surface area contributed by atoms with Gasteiger partial charge in [-0.25, -0.2) is 4.79 Å². The molecule has 0 saturated heterocycles. The summed E-state index contributed by atoms with van der Waals surface area (Å²) in [4.78, 5) is 11.0. The van der Waals surface area contributed by atoms with Crippen LogP contribution in [0.5, 0.6) is 11.5 Å². The van der Waals surface area contributed by atoms with E-state index in [-0.39, 0.29) is 12.2 Å². The van der Waals surface area contributed by atoms with E-state index in [4.69, 9.17) is 14.9 Å². The lowest BCUT2D eigenvalue weighted by molar-refractivity contribution is 0.0693. The number of carboxylic acids is 1. The van der Waals surface area contributed by atoms with Crippen LogP contribution in [0.4, 0.5) is 0 Å². The van der Waals surface area contributed by atoms with Crippen LogP contribution in [0.2, 0.25) is 0 Å². The summed E-state index contributed by atoms with van der Waals surface area (Å²) in [6, 6.07) is 13.7. The average Bonchev–Trinajstić information content (AvgIpc) is 2.40. The highest BCUT2D eigenvalue weighted by molar-refractivity contribution is 5.89. The van der Waals surface area contributed by atoms with E-state index in [0.29, 0.717) is 17.1 Å². The monoisotopic (exact) mass is 244 g/mol. The Hall–Kier alpha value is -2.33. The third kappa shape index (κ3) is 2.67. The average molecular weight is 244 g/mol. The van der Waals surface area contributed by atoms with Crippen LogP contribution >= 0.6 is 0 Å². The molecule has 0 spiro atoms. The zero-order valence-electron chi connectivity index (χ0n) is 9.54. The van der Waals surface area contributed by atoms with Crippen LogP contribution in [0.25, 0.3) is 0 Å². The molecule has 0 heterocycles. The van der Waals surface area contributed by atoms with E-state index >= 15 is 0 Å². The molecule has 0 radical (unpaired) electrons. The van der Waals surface area contributed by atoms with Gasteiger partial charge in [0.15, 0.2) is 0 Å². The number of benzene rings is 2. The highest BCUT2D eigenvalue weighted by Crippen LogP contribution is 2.24. The molecule has 0 aromatic heterocycles. The van der Waals surface area contributed by atoms with Gasteiger partial charge in [-0.05, 0) is 29.8 Å². The predicted octanol–water partition coefficient (Wildman–Crippen LogP) is 2.67. The number of carboxylic acid groups (broad SMARTS) is 1. The molecule has 0 aliphatic rings. The molecule has 2 N–H and O–H groups in total. The van der Waals surface area contributed by atoms with Crippen LogP contribution in [-0.2, 0) is 6.61 Å². The number of rotatable bonds is 4. The Bertz CT molecular complexity index is 549. The maximum Gasteiger partial charge on any atom is 0.336 e. The number of carbonyl (C=O) groups is 1. The molecule has 92 valence electrons. The first-order chi connectivity index (χ1) is 8.70. The first-order valence-electron chi connectivity index (χ1n) is 5.40. The molecule has 0 unspecified atom stereocenters. The van der Waals surface area contributed by atoms with Crippen LogP contribution in [0.3, 0.4) is 0 Å². The van der Waals surface area contributed by atoms with Crippen molar-refractivity contribution >= 4 is 5.97 Å². The van der Waals surface area contributed by atoms with Gasteiger partial charge in [-0.15, -0.1) is 0 Å². The number of hydrogen-bond donors (Lipinski definition) is 2. The fourth-order valence-corrected chi connectivity index (χ4v) is 1.58. The van der Waals surface area contributed by atoms with Gasteiger partial charge in [0.25, 0.3) is 0 Å². The van der Waals surface area contributed by atoms with E-state index in [9.17, 15) is 4.79 Å². The Labute approximate surface area is 104 Å². The molecular weight excluding hydrogens is 232 g/mol. The lowest BCUT2D eigenvalue weighted by Crippen LogP contribution is -2.02. The number of hydrogen-bond acceptors (Lipinski definition) is 3. The number of aliphatic hydroxyl groups is 1. The van der Waals surface area contributed by atoms with E-state index in [2.05, 4.69) is 0 Å². The summed E-state index contributed by atoms with van der Waals surface area (Å²) in [6.45, 7) is -0.312. The lowest BCUT2D eigenvalue weighted by Gasteiger charge is -2.08. The topological polar surface area (TPSA) is 66.8 Å². The highest BCUT2D eigenvalue weighted by atomic mass is 16.5. The van der Waals surface area contributed by atoms with E-state index in [1.54, 1.807) is 24.3 Å². The molecule has 4 heteroatoms.